The number of rotatable bonds is 11. The third-order valence-corrected chi connectivity index (χ3v) is 7.90. The van der Waals surface area contributed by atoms with Gasteiger partial charge in [0.2, 0.25) is 0 Å². The number of nitrogens with zero attached hydrogens (tertiary/aromatic N) is 3. The summed E-state index contributed by atoms with van der Waals surface area (Å²) in [6.45, 7) is 2.28. The van der Waals surface area contributed by atoms with E-state index >= 15 is 4.39 Å². The first kappa shape index (κ1) is 25.4. The van der Waals surface area contributed by atoms with E-state index in [1.807, 2.05) is 30.3 Å². The summed E-state index contributed by atoms with van der Waals surface area (Å²) >= 11 is 1.79. The minimum atomic E-state index is -1.18. The molecule has 0 amide bonds. The van der Waals surface area contributed by atoms with E-state index in [2.05, 4.69) is 14.9 Å². The number of pyridine rings is 2. The van der Waals surface area contributed by atoms with E-state index in [0.717, 1.165) is 42.6 Å². The number of carbonyl (C=O) groups is 1. The molecule has 0 aliphatic carbocycles. The summed E-state index contributed by atoms with van der Waals surface area (Å²) in [5, 5.41) is 10.6. The molecule has 3 atom stereocenters. The molecule has 0 radical (unpaired) electrons. The van der Waals surface area contributed by atoms with Gasteiger partial charge in [0.25, 0.3) is 0 Å². The summed E-state index contributed by atoms with van der Waals surface area (Å²) < 4.78 is 20.7. The lowest BCUT2D eigenvalue weighted by Gasteiger charge is -2.36. The summed E-state index contributed by atoms with van der Waals surface area (Å²) in [5.74, 6) is 0.390. The SMILES string of the molecule is COc1ccc2nccc(C(F)CC[C@@H]3CCN(CCCSc4ccncc4)C[C@@H]3C(=O)O)c2c1. The van der Waals surface area contributed by atoms with E-state index in [1.54, 1.807) is 43.5 Å². The van der Waals surface area contributed by atoms with E-state index in [1.165, 1.54) is 4.90 Å². The Balaban J connectivity index is 1.30. The maximum Gasteiger partial charge on any atom is 0.308 e. The van der Waals surface area contributed by atoms with Crippen molar-refractivity contribution in [2.24, 2.45) is 11.8 Å². The number of ether oxygens (including phenoxy) is 1. The van der Waals surface area contributed by atoms with Gasteiger partial charge in [0.1, 0.15) is 11.9 Å². The lowest BCUT2D eigenvalue weighted by molar-refractivity contribution is -0.146. The van der Waals surface area contributed by atoms with Gasteiger partial charge in [-0.15, -0.1) is 11.8 Å². The van der Waals surface area contributed by atoms with Gasteiger partial charge in [0.05, 0.1) is 18.5 Å². The molecular weight excluding hydrogens is 465 g/mol. The Morgan fingerprint density at radius 1 is 1.26 bits per heavy atom. The summed E-state index contributed by atoms with van der Waals surface area (Å²) in [6, 6.07) is 11.2. The first-order valence-electron chi connectivity index (χ1n) is 12.1. The smallest absolute Gasteiger partial charge is 0.308 e. The van der Waals surface area contributed by atoms with Gasteiger partial charge >= 0.3 is 5.97 Å². The first-order chi connectivity index (χ1) is 17.0. The van der Waals surface area contributed by atoms with Crippen LogP contribution < -0.4 is 4.74 Å². The van der Waals surface area contributed by atoms with Crippen LogP contribution in [0.5, 0.6) is 5.75 Å². The molecule has 1 aliphatic heterocycles. The van der Waals surface area contributed by atoms with Crippen molar-refractivity contribution in [1.82, 2.24) is 14.9 Å². The molecule has 6 nitrogen and oxygen atoms in total. The molecule has 8 heteroatoms. The number of piperidine rings is 1. The molecule has 1 unspecified atom stereocenters. The van der Waals surface area contributed by atoms with Crippen LogP contribution in [0, 0.1) is 11.8 Å². The first-order valence-corrected chi connectivity index (χ1v) is 13.1. The highest BCUT2D eigenvalue weighted by molar-refractivity contribution is 7.99. The third-order valence-electron chi connectivity index (χ3n) is 6.81. The second-order valence-electron chi connectivity index (χ2n) is 9.01. The lowest BCUT2D eigenvalue weighted by atomic mass is 9.81. The van der Waals surface area contributed by atoms with Gasteiger partial charge in [-0.25, -0.2) is 4.39 Å². The molecule has 4 rings (SSSR count). The number of aliphatic carboxylic acids is 1. The molecule has 0 saturated carbocycles. The van der Waals surface area contributed by atoms with Gasteiger partial charge in [-0.05, 0) is 92.4 Å². The van der Waals surface area contributed by atoms with Crippen molar-refractivity contribution in [3.05, 3.63) is 60.6 Å². The Labute approximate surface area is 209 Å². The fourth-order valence-corrected chi connectivity index (χ4v) is 5.70. The van der Waals surface area contributed by atoms with Crippen LogP contribution in [0.15, 0.2) is 59.9 Å². The Morgan fingerprint density at radius 3 is 2.86 bits per heavy atom. The Kier molecular flexibility index (Phi) is 8.93. The van der Waals surface area contributed by atoms with Gasteiger partial charge in [-0.1, -0.05) is 0 Å². The quantitative estimate of drug-likeness (QED) is 0.272. The maximum atomic E-state index is 15.4. The van der Waals surface area contributed by atoms with E-state index in [4.69, 9.17) is 4.74 Å². The predicted octanol–water partition coefficient (Wildman–Crippen LogP) is 5.63. The number of carboxylic acid groups (broad SMARTS) is 1. The highest BCUT2D eigenvalue weighted by atomic mass is 32.2. The molecule has 3 aromatic rings. The van der Waals surface area contributed by atoms with E-state index in [9.17, 15) is 9.90 Å². The fraction of sp³-hybridized carbons (Fsp3) is 0.444. The number of aromatic nitrogens is 2. The van der Waals surface area contributed by atoms with Crippen molar-refractivity contribution in [3.8, 4) is 5.75 Å². The van der Waals surface area contributed by atoms with Gasteiger partial charge in [0.15, 0.2) is 0 Å². The second kappa shape index (κ2) is 12.3. The topological polar surface area (TPSA) is 75.5 Å². The highest BCUT2D eigenvalue weighted by Gasteiger charge is 2.34. The summed E-state index contributed by atoms with van der Waals surface area (Å²) in [7, 11) is 1.59. The third kappa shape index (κ3) is 6.70. The number of likely N-dealkylation sites (tertiary alicyclic amines) is 1. The molecule has 1 aliphatic rings. The van der Waals surface area contributed by atoms with Crippen molar-refractivity contribution in [3.63, 3.8) is 0 Å². The average molecular weight is 498 g/mol. The van der Waals surface area contributed by atoms with Gasteiger partial charge in [-0.2, -0.15) is 0 Å². The lowest BCUT2D eigenvalue weighted by Crippen LogP contribution is -2.44. The largest absolute Gasteiger partial charge is 0.497 e. The summed E-state index contributed by atoms with van der Waals surface area (Å²) in [5.41, 5.74) is 1.31. The van der Waals surface area contributed by atoms with Crippen LogP contribution in [0.4, 0.5) is 4.39 Å². The van der Waals surface area contributed by atoms with E-state index in [0.29, 0.717) is 30.7 Å². The predicted molar refractivity (Wildman–Crippen MR) is 137 cm³/mol. The number of fused-ring (bicyclic) bond motifs is 1. The minimum absolute atomic E-state index is 0.0177. The molecule has 2 aromatic heterocycles. The second-order valence-corrected chi connectivity index (χ2v) is 10.2. The number of alkyl halides is 1. The highest BCUT2D eigenvalue weighted by Crippen LogP contribution is 2.35. The van der Waals surface area contributed by atoms with Crippen LogP contribution in [-0.4, -0.2) is 58.4 Å². The van der Waals surface area contributed by atoms with Crippen molar-refractivity contribution in [1.29, 1.82) is 0 Å². The zero-order valence-electron chi connectivity index (χ0n) is 20.0. The number of methoxy groups -OCH3 is 1. The zero-order chi connectivity index (χ0) is 24.6. The van der Waals surface area contributed by atoms with Crippen LogP contribution in [0.25, 0.3) is 10.9 Å². The van der Waals surface area contributed by atoms with Crippen LogP contribution in [-0.2, 0) is 4.79 Å². The molecule has 0 bridgehead atoms. The Bertz CT molecular complexity index is 1120. The number of hydrogen-bond acceptors (Lipinski definition) is 6. The molecule has 1 saturated heterocycles. The van der Waals surface area contributed by atoms with E-state index < -0.39 is 18.1 Å². The minimum Gasteiger partial charge on any atom is -0.497 e. The summed E-state index contributed by atoms with van der Waals surface area (Å²) in [4.78, 5) is 23.8. The maximum absolute atomic E-state index is 15.4. The molecule has 35 heavy (non-hydrogen) atoms. The summed E-state index contributed by atoms with van der Waals surface area (Å²) in [6.07, 6.45) is 6.67. The number of carboxylic acids is 1. The number of benzene rings is 1. The number of halogens is 1. The van der Waals surface area contributed by atoms with Crippen LogP contribution in [0.3, 0.4) is 0 Å². The standard InChI is InChI=1S/C27H32FN3O3S/c1-34-20-4-6-26-23(17-20)22(9-13-30-26)25(28)5-3-19-10-15-31(18-24(19)27(32)33)14-2-16-35-21-7-11-29-12-8-21/h4,6-9,11-13,17,19,24-25H,2-3,5,10,14-16,18H2,1H3,(H,32,33)/t19-,24+,25?/m1/s1. The van der Waals surface area contributed by atoms with Crippen molar-refractivity contribution in [2.75, 3.05) is 32.5 Å². The Morgan fingerprint density at radius 2 is 2.09 bits per heavy atom. The normalized spacial score (nSPS) is 19.5. The van der Waals surface area contributed by atoms with Crippen LogP contribution in [0.2, 0.25) is 0 Å². The molecule has 186 valence electrons. The molecular formula is C27H32FN3O3S. The Hall–Kier alpha value is -2.71. The fourth-order valence-electron chi connectivity index (χ4n) is 4.87. The van der Waals surface area contributed by atoms with Crippen molar-refractivity contribution < 1.29 is 19.0 Å². The van der Waals surface area contributed by atoms with Crippen molar-refractivity contribution in [2.45, 2.75) is 36.8 Å². The van der Waals surface area contributed by atoms with Gasteiger partial charge in [-0.3, -0.25) is 14.8 Å². The average Bonchev–Trinajstić information content (AvgIpc) is 2.89. The van der Waals surface area contributed by atoms with Crippen molar-refractivity contribution >= 4 is 28.6 Å². The molecule has 3 heterocycles. The molecule has 1 aromatic carbocycles. The van der Waals surface area contributed by atoms with E-state index in [-0.39, 0.29) is 5.92 Å². The monoisotopic (exact) mass is 497 g/mol. The number of thioether (sulfide) groups is 1. The molecule has 1 N–H and O–H groups in total. The number of hydrogen-bond donors (Lipinski definition) is 1. The van der Waals surface area contributed by atoms with Crippen LogP contribution >= 0.6 is 11.8 Å². The van der Waals surface area contributed by atoms with Crippen LogP contribution in [0.1, 0.15) is 37.4 Å². The molecule has 0 spiro atoms. The van der Waals surface area contributed by atoms with Gasteiger partial charge in [0, 0.05) is 35.4 Å². The zero-order valence-corrected chi connectivity index (χ0v) is 20.8. The molecule has 1 fully saturated rings. The van der Waals surface area contributed by atoms with Gasteiger partial charge < -0.3 is 14.7 Å².